The monoisotopic (exact) mass is 400 g/mol. The van der Waals surface area contributed by atoms with Crippen LogP contribution in [0, 0.1) is 0 Å². The summed E-state index contributed by atoms with van der Waals surface area (Å²) in [4.78, 5) is 28.0. The number of halogens is 1. The lowest BCUT2D eigenvalue weighted by Crippen LogP contribution is -2.31. The van der Waals surface area contributed by atoms with Crippen LogP contribution < -0.4 is 5.32 Å². The lowest BCUT2D eigenvalue weighted by atomic mass is 10.2. The van der Waals surface area contributed by atoms with Crippen LogP contribution in [0.2, 0.25) is 5.02 Å². The maximum absolute atomic E-state index is 12.5. The van der Waals surface area contributed by atoms with Gasteiger partial charge in [-0.15, -0.1) is 0 Å². The molecule has 3 heterocycles. The van der Waals surface area contributed by atoms with Crippen LogP contribution in [-0.4, -0.2) is 55.0 Å². The van der Waals surface area contributed by atoms with Crippen LogP contribution in [-0.2, 0) is 9.53 Å². The van der Waals surface area contributed by atoms with Gasteiger partial charge in [0.15, 0.2) is 17.1 Å². The molecule has 0 atom stereocenters. The fourth-order valence-corrected chi connectivity index (χ4v) is 2.95. The molecule has 0 aliphatic heterocycles. The number of ether oxygens (including phenoxy) is 1. The Bertz CT molecular complexity index is 1210. The minimum Gasteiger partial charge on any atom is -0.505 e. The number of pyridine rings is 1. The van der Waals surface area contributed by atoms with Crippen molar-refractivity contribution in [2.24, 2.45) is 0 Å². The SMILES string of the molecule is COC(=O)CNC(=O)c1c(O)c2cnn(-c3ccc(Cl)cc3)c2c2ncnn12. The van der Waals surface area contributed by atoms with E-state index in [1.165, 1.54) is 24.1 Å². The van der Waals surface area contributed by atoms with Gasteiger partial charge in [-0.3, -0.25) is 9.59 Å². The first kappa shape index (κ1) is 17.7. The van der Waals surface area contributed by atoms with Crippen LogP contribution in [0.15, 0.2) is 36.8 Å². The second kappa shape index (κ2) is 6.82. The number of hydrogen-bond acceptors (Lipinski definition) is 7. The molecular formula is C17H13ClN6O4. The number of nitrogens with zero attached hydrogens (tertiary/aromatic N) is 5. The van der Waals surface area contributed by atoms with E-state index < -0.39 is 11.9 Å². The molecule has 0 bridgehead atoms. The highest BCUT2D eigenvalue weighted by molar-refractivity contribution is 6.30. The molecule has 10 nitrogen and oxygen atoms in total. The van der Waals surface area contributed by atoms with Gasteiger partial charge in [0.2, 0.25) is 0 Å². The van der Waals surface area contributed by atoms with Crippen molar-refractivity contribution in [1.29, 1.82) is 0 Å². The second-order valence-corrected chi connectivity index (χ2v) is 6.18. The van der Waals surface area contributed by atoms with E-state index in [0.29, 0.717) is 27.3 Å². The van der Waals surface area contributed by atoms with Crippen molar-refractivity contribution in [2.75, 3.05) is 13.7 Å². The van der Waals surface area contributed by atoms with Gasteiger partial charge < -0.3 is 15.2 Å². The Morgan fingerprint density at radius 3 is 2.71 bits per heavy atom. The molecule has 0 unspecified atom stereocenters. The quantitative estimate of drug-likeness (QED) is 0.495. The lowest BCUT2D eigenvalue weighted by Gasteiger charge is -2.10. The zero-order valence-electron chi connectivity index (χ0n) is 14.5. The summed E-state index contributed by atoms with van der Waals surface area (Å²) in [7, 11) is 1.21. The number of esters is 1. The molecule has 4 aromatic rings. The number of hydrogen-bond donors (Lipinski definition) is 2. The highest BCUT2D eigenvalue weighted by Crippen LogP contribution is 2.32. The largest absolute Gasteiger partial charge is 0.505 e. The van der Waals surface area contributed by atoms with E-state index in [4.69, 9.17) is 11.6 Å². The van der Waals surface area contributed by atoms with E-state index in [1.54, 1.807) is 28.9 Å². The third-order valence-corrected chi connectivity index (χ3v) is 4.38. The van der Waals surface area contributed by atoms with Gasteiger partial charge in [-0.1, -0.05) is 11.6 Å². The fourth-order valence-electron chi connectivity index (χ4n) is 2.82. The predicted octanol–water partition coefficient (Wildman–Crippen LogP) is 1.33. The Morgan fingerprint density at radius 2 is 2.00 bits per heavy atom. The molecule has 0 aliphatic carbocycles. The molecule has 2 N–H and O–H groups in total. The number of carbonyl (C=O) groups excluding carboxylic acids is 2. The molecule has 0 radical (unpaired) electrons. The molecule has 3 aromatic heterocycles. The number of carbonyl (C=O) groups is 2. The van der Waals surface area contributed by atoms with Gasteiger partial charge in [-0.05, 0) is 24.3 Å². The third-order valence-electron chi connectivity index (χ3n) is 4.13. The van der Waals surface area contributed by atoms with Crippen molar-refractivity contribution < 1.29 is 19.4 Å². The highest BCUT2D eigenvalue weighted by atomic mass is 35.5. The molecule has 11 heteroatoms. The Kier molecular flexibility index (Phi) is 4.32. The van der Waals surface area contributed by atoms with Crippen LogP contribution >= 0.6 is 11.6 Å². The molecular weight excluding hydrogens is 388 g/mol. The van der Waals surface area contributed by atoms with E-state index in [9.17, 15) is 14.7 Å². The minimum atomic E-state index is -0.709. The smallest absolute Gasteiger partial charge is 0.325 e. The number of methoxy groups -OCH3 is 1. The first-order valence-electron chi connectivity index (χ1n) is 8.04. The van der Waals surface area contributed by atoms with Gasteiger partial charge in [0.05, 0.1) is 24.4 Å². The Hall–Kier alpha value is -3.66. The normalized spacial score (nSPS) is 11.1. The minimum absolute atomic E-state index is 0.167. The van der Waals surface area contributed by atoms with Crippen molar-refractivity contribution in [3.63, 3.8) is 0 Å². The molecule has 1 amide bonds. The van der Waals surface area contributed by atoms with Gasteiger partial charge >= 0.3 is 5.97 Å². The van der Waals surface area contributed by atoms with Crippen molar-refractivity contribution in [3.05, 3.63) is 47.5 Å². The maximum Gasteiger partial charge on any atom is 0.325 e. The van der Waals surface area contributed by atoms with Crippen molar-refractivity contribution in [2.45, 2.75) is 0 Å². The molecule has 4 rings (SSSR count). The van der Waals surface area contributed by atoms with Gasteiger partial charge in [-0.2, -0.15) is 10.2 Å². The Labute approximate surface area is 162 Å². The summed E-state index contributed by atoms with van der Waals surface area (Å²) in [5.41, 5.74) is 1.29. The predicted molar refractivity (Wildman–Crippen MR) is 98.6 cm³/mol. The van der Waals surface area contributed by atoms with Gasteiger partial charge in [0, 0.05) is 5.02 Å². The number of nitrogens with one attached hydrogen (secondary N) is 1. The van der Waals surface area contributed by atoms with E-state index in [1.807, 2.05) is 0 Å². The molecule has 0 saturated carbocycles. The average molecular weight is 401 g/mol. The summed E-state index contributed by atoms with van der Waals surface area (Å²) in [6.07, 6.45) is 2.68. The summed E-state index contributed by atoms with van der Waals surface area (Å²) in [6, 6.07) is 6.94. The lowest BCUT2D eigenvalue weighted by molar-refractivity contribution is -0.139. The maximum atomic E-state index is 12.5. The van der Waals surface area contributed by atoms with E-state index in [0.717, 1.165) is 0 Å². The van der Waals surface area contributed by atoms with E-state index in [-0.39, 0.29) is 18.0 Å². The van der Waals surface area contributed by atoms with Gasteiger partial charge in [0.25, 0.3) is 5.91 Å². The van der Waals surface area contributed by atoms with Gasteiger partial charge in [0.1, 0.15) is 18.4 Å². The molecule has 142 valence electrons. The van der Waals surface area contributed by atoms with Crippen LogP contribution in [0.5, 0.6) is 5.75 Å². The summed E-state index contributed by atoms with van der Waals surface area (Å²) in [6.45, 7) is -0.354. The van der Waals surface area contributed by atoms with Crippen molar-refractivity contribution >= 4 is 40.0 Å². The molecule has 0 aliphatic rings. The summed E-state index contributed by atoms with van der Waals surface area (Å²) >= 11 is 5.94. The van der Waals surface area contributed by atoms with Crippen LogP contribution in [0.4, 0.5) is 0 Å². The molecule has 1 aromatic carbocycles. The summed E-state index contributed by atoms with van der Waals surface area (Å²) in [5, 5.41) is 22.3. The molecule has 0 fully saturated rings. The zero-order valence-corrected chi connectivity index (χ0v) is 15.2. The summed E-state index contributed by atoms with van der Waals surface area (Å²) in [5.74, 6) is -1.67. The number of aromatic hydroxyl groups is 1. The van der Waals surface area contributed by atoms with E-state index in [2.05, 4.69) is 25.2 Å². The Balaban J connectivity index is 1.89. The molecule has 28 heavy (non-hydrogen) atoms. The molecule has 0 saturated heterocycles. The van der Waals surface area contributed by atoms with E-state index >= 15 is 0 Å². The number of fused-ring (bicyclic) bond motifs is 3. The van der Waals surface area contributed by atoms with Crippen molar-refractivity contribution in [1.82, 2.24) is 29.7 Å². The van der Waals surface area contributed by atoms with Crippen molar-refractivity contribution in [3.8, 4) is 11.4 Å². The second-order valence-electron chi connectivity index (χ2n) is 5.75. The van der Waals surface area contributed by atoms with Gasteiger partial charge in [-0.25, -0.2) is 14.2 Å². The first-order valence-corrected chi connectivity index (χ1v) is 8.42. The first-order chi connectivity index (χ1) is 13.5. The average Bonchev–Trinajstić information content (AvgIpc) is 3.33. The zero-order chi connectivity index (χ0) is 19.8. The van der Waals surface area contributed by atoms with Crippen LogP contribution in [0.1, 0.15) is 10.5 Å². The van der Waals surface area contributed by atoms with Crippen LogP contribution in [0.3, 0.4) is 0 Å². The number of aromatic nitrogens is 5. The number of amides is 1. The number of benzene rings is 1. The third kappa shape index (κ3) is 2.79. The van der Waals surface area contributed by atoms with Crippen LogP contribution in [0.25, 0.3) is 22.2 Å². The number of rotatable bonds is 4. The fraction of sp³-hybridized carbons (Fsp3) is 0.118. The highest BCUT2D eigenvalue weighted by Gasteiger charge is 2.25. The Morgan fingerprint density at radius 1 is 1.25 bits per heavy atom. The molecule has 0 spiro atoms. The standard InChI is InChI=1S/C17H13ClN6O4/c1-28-12(25)7-19-17(27)14-15(26)11-6-21-23(10-4-2-9(18)3-5-10)13(11)16-20-8-22-24(14)16/h2-6,8,26H,7H2,1H3,(H,19,27). The topological polar surface area (TPSA) is 124 Å². The summed E-state index contributed by atoms with van der Waals surface area (Å²) < 4.78 is 7.25.